The molecule has 9 nitrogen and oxygen atoms in total. The van der Waals surface area contributed by atoms with E-state index in [1.54, 1.807) is 17.8 Å². The Balaban J connectivity index is 1.52. The molecule has 0 unspecified atom stereocenters. The summed E-state index contributed by atoms with van der Waals surface area (Å²) in [6.07, 6.45) is -3.76. The maximum Gasteiger partial charge on any atom is 0.417 e. The molecule has 1 fully saturated rings. The van der Waals surface area contributed by atoms with Crippen LogP contribution in [0.3, 0.4) is 0 Å². The first-order valence-corrected chi connectivity index (χ1v) is 11.8. The number of carbonyl (C=O) groups is 2. The summed E-state index contributed by atoms with van der Waals surface area (Å²) in [5.74, 6) is -5.13. The van der Waals surface area contributed by atoms with Gasteiger partial charge < -0.3 is 5.73 Å². The van der Waals surface area contributed by atoms with Crippen LogP contribution in [0.5, 0.6) is 0 Å². The number of aromatic nitrogens is 4. The lowest BCUT2D eigenvalue weighted by Gasteiger charge is -2.39. The Labute approximate surface area is 218 Å². The molecule has 0 aliphatic heterocycles. The normalized spacial score (nSPS) is 15.4. The van der Waals surface area contributed by atoms with E-state index in [1.807, 2.05) is 0 Å². The average Bonchev–Trinajstić information content (AvgIpc) is 3.26. The fraction of sp³-hybridized carbons (Fsp3) is 0.320. The van der Waals surface area contributed by atoms with Crippen LogP contribution in [0.2, 0.25) is 0 Å². The Bertz CT molecular complexity index is 1590. The number of fused-ring (bicyclic) bond motifs is 3. The number of hydrogen-bond donors (Lipinski definition) is 1. The summed E-state index contributed by atoms with van der Waals surface area (Å²) >= 11 is 0. The van der Waals surface area contributed by atoms with Gasteiger partial charge in [0.2, 0.25) is 11.8 Å². The number of rotatable bonds is 4. The first-order valence-electron chi connectivity index (χ1n) is 11.8. The monoisotopic (exact) mass is 547 g/mol. The van der Waals surface area contributed by atoms with E-state index in [0.29, 0.717) is 28.0 Å². The summed E-state index contributed by atoms with van der Waals surface area (Å²) in [5.41, 5.74) is 6.32. The summed E-state index contributed by atoms with van der Waals surface area (Å²) in [6.45, 7) is -0.387. The van der Waals surface area contributed by atoms with Gasteiger partial charge in [0.25, 0.3) is 5.91 Å². The van der Waals surface area contributed by atoms with E-state index in [9.17, 15) is 31.5 Å². The second-order valence-electron chi connectivity index (χ2n) is 9.48. The first kappa shape index (κ1) is 26.3. The Hall–Kier alpha value is -4.36. The van der Waals surface area contributed by atoms with Gasteiger partial charge in [-0.1, -0.05) is 0 Å². The number of nitrogen functional groups attached to an aromatic ring is 1. The van der Waals surface area contributed by atoms with Crippen LogP contribution in [0.1, 0.15) is 34.5 Å². The van der Waals surface area contributed by atoms with Crippen molar-refractivity contribution >= 4 is 39.4 Å². The third kappa shape index (κ3) is 4.81. The minimum absolute atomic E-state index is 0.0548. The van der Waals surface area contributed by atoms with Crippen molar-refractivity contribution in [1.82, 2.24) is 29.8 Å². The van der Waals surface area contributed by atoms with Crippen LogP contribution < -0.4 is 5.73 Å². The van der Waals surface area contributed by atoms with E-state index in [0.717, 1.165) is 22.2 Å². The van der Waals surface area contributed by atoms with Gasteiger partial charge in [0, 0.05) is 44.1 Å². The number of carbonyl (C=O) groups excluding carboxylic acids is 2. The van der Waals surface area contributed by atoms with Crippen molar-refractivity contribution in [2.24, 2.45) is 13.0 Å². The highest BCUT2D eigenvalue weighted by Crippen LogP contribution is 2.43. The predicted octanol–water partition coefficient (Wildman–Crippen LogP) is 4.18. The molecule has 0 radical (unpaired) electrons. The van der Waals surface area contributed by atoms with Gasteiger partial charge in [0.05, 0.1) is 46.3 Å². The molecule has 39 heavy (non-hydrogen) atoms. The molecule has 1 aromatic carbocycles. The van der Waals surface area contributed by atoms with Crippen LogP contribution in [0.15, 0.2) is 42.7 Å². The fourth-order valence-corrected chi connectivity index (χ4v) is 4.61. The van der Waals surface area contributed by atoms with Crippen LogP contribution >= 0.6 is 0 Å². The maximum absolute atomic E-state index is 13.8. The molecule has 1 saturated carbocycles. The molecule has 0 spiro atoms. The Morgan fingerprint density at radius 3 is 2.46 bits per heavy atom. The third-order valence-electron chi connectivity index (χ3n) is 6.77. The van der Waals surface area contributed by atoms with Crippen LogP contribution in [0.4, 0.5) is 27.8 Å². The quantitative estimate of drug-likeness (QED) is 0.303. The second-order valence-corrected chi connectivity index (χ2v) is 9.48. The number of halogens is 5. The summed E-state index contributed by atoms with van der Waals surface area (Å²) in [7, 11) is 2.95. The predicted molar refractivity (Wildman–Crippen MR) is 130 cm³/mol. The summed E-state index contributed by atoms with van der Waals surface area (Å²) < 4.78 is 67.5. The number of amides is 2. The van der Waals surface area contributed by atoms with Crippen molar-refractivity contribution in [3.05, 3.63) is 59.5 Å². The molecule has 1 aliphatic carbocycles. The van der Waals surface area contributed by atoms with E-state index in [1.165, 1.54) is 25.4 Å². The van der Waals surface area contributed by atoms with Crippen LogP contribution in [0.25, 0.3) is 21.8 Å². The zero-order valence-corrected chi connectivity index (χ0v) is 20.7. The van der Waals surface area contributed by atoms with Gasteiger partial charge >= 0.3 is 6.18 Å². The van der Waals surface area contributed by atoms with Crippen molar-refractivity contribution in [3.8, 4) is 0 Å². The number of nitrogens with two attached hydrogens (primary N) is 1. The molecule has 3 aromatic heterocycles. The smallest absolute Gasteiger partial charge is 0.383 e. The van der Waals surface area contributed by atoms with Crippen molar-refractivity contribution in [2.45, 2.75) is 31.5 Å². The Morgan fingerprint density at radius 1 is 1.13 bits per heavy atom. The number of hydrazine groups is 1. The van der Waals surface area contributed by atoms with Gasteiger partial charge in [-0.3, -0.25) is 24.3 Å². The molecular formula is C25H22F5N7O2. The Morgan fingerprint density at radius 2 is 1.85 bits per heavy atom. The fourth-order valence-electron chi connectivity index (χ4n) is 4.61. The number of nitrogens with zero attached hydrogens (tertiary/aromatic N) is 6. The summed E-state index contributed by atoms with van der Waals surface area (Å²) in [4.78, 5) is 34.9. The lowest BCUT2D eigenvalue weighted by molar-refractivity contribution is -0.169. The molecule has 4 aromatic rings. The molecule has 204 valence electrons. The van der Waals surface area contributed by atoms with E-state index in [2.05, 4.69) is 15.1 Å². The van der Waals surface area contributed by atoms with Crippen molar-refractivity contribution in [2.75, 3.05) is 12.8 Å². The van der Waals surface area contributed by atoms with Gasteiger partial charge in [-0.05, 0) is 30.3 Å². The topological polar surface area (TPSA) is 110 Å². The molecule has 5 rings (SSSR count). The number of anilines is 1. The lowest BCUT2D eigenvalue weighted by atomic mass is 9.80. The molecule has 2 N–H and O–H groups in total. The molecule has 2 amide bonds. The Kier molecular flexibility index (Phi) is 6.15. The van der Waals surface area contributed by atoms with E-state index >= 15 is 0 Å². The van der Waals surface area contributed by atoms with Crippen molar-refractivity contribution in [3.63, 3.8) is 0 Å². The largest absolute Gasteiger partial charge is 0.417 e. The highest BCUT2D eigenvalue weighted by molar-refractivity contribution is 6.10. The molecule has 1 aliphatic rings. The third-order valence-corrected chi connectivity index (χ3v) is 6.77. The van der Waals surface area contributed by atoms with Gasteiger partial charge in [-0.15, -0.1) is 0 Å². The number of aryl methyl sites for hydroxylation is 1. The van der Waals surface area contributed by atoms with Gasteiger partial charge in [0.15, 0.2) is 0 Å². The van der Waals surface area contributed by atoms with E-state index in [4.69, 9.17) is 5.73 Å². The minimum Gasteiger partial charge on any atom is -0.383 e. The first-order chi connectivity index (χ1) is 18.2. The number of alkyl halides is 5. The van der Waals surface area contributed by atoms with Crippen LogP contribution in [-0.2, 0) is 24.6 Å². The SMILES string of the molecule is CN(C(=O)C1CC(F)(F)C1)N(Cc1ccc(C(F)(F)F)cn1)C(=O)c1ccc2nc(N)c3cnn(C)c3c2c1. The molecule has 0 bridgehead atoms. The number of benzene rings is 1. The van der Waals surface area contributed by atoms with Gasteiger partial charge in [0.1, 0.15) is 5.82 Å². The zero-order chi connectivity index (χ0) is 28.3. The molecule has 0 saturated heterocycles. The average molecular weight is 547 g/mol. The standard InChI is InChI=1S/C25H22F5N7O2/c1-35-20-17-7-13(3-6-19(17)34-21(31)18(20)11-33-35)23(39)37(36(2)22(38)14-8-24(26,27)9-14)12-16-5-4-15(10-32-16)25(28,29)30/h3-7,10-11,14H,8-9,12H2,1-2H3,(H2,31,34). The molecule has 0 atom stereocenters. The summed E-state index contributed by atoms with van der Waals surface area (Å²) in [6, 6.07) is 6.46. The van der Waals surface area contributed by atoms with Crippen molar-refractivity contribution < 1.29 is 31.5 Å². The molecule has 3 heterocycles. The number of hydrogen-bond acceptors (Lipinski definition) is 6. The highest BCUT2D eigenvalue weighted by Gasteiger charge is 2.50. The minimum atomic E-state index is -4.61. The lowest BCUT2D eigenvalue weighted by Crippen LogP contribution is -2.53. The van der Waals surface area contributed by atoms with Crippen LogP contribution in [-0.4, -0.2) is 54.6 Å². The van der Waals surface area contributed by atoms with Gasteiger partial charge in [-0.2, -0.15) is 18.3 Å². The molecule has 14 heteroatoms. The van der Waals surface area contributed by atoms with E-state index < -0.39 is 48.2 Å². The number of pyridine rings is 2. The van der Waals surface area contributed by atoms with Gasteiger partial charge in [-0.25, -0.2) is 18.8 Å². The van der Waals surface area contributed by atoms with Crippen molar-refractivity contribution in [1.29, 1.82) is 0 Å². The van der Waals surface area contributed by atoms with Crippen LogP contribution in [0, 0.1) is 5.92 Å². The zero-order valence-electron chi connectivity index (χ0n) is 20.7. The second kappa shape index (κ2) is 9.13. The maximum atomic E-state index is 13.8. The van der Waals surface area contributed by atoms with E-state index in [-0.39, 0.29) is 23.6 Å². The molecular weight excluding hydrogens is 525 g/mol. The highest BCUT2D eigenvalue weighted by atomic mass is 19.4. The summed E-state index contributed by atoms with van der Waals surface area (Å²) in [5, 5.41) is 7.20.